The molecule has 0 aliphatic carbocycles. The zero-order valence-corrected chi connectivity index (χ0v) is 17.9. The van der Waals surface area contributed by atoms with Gasteiger partial charge in [-0.25, -0.2) is 9.67 Å². The minimum Gasteiger partial charge on any atom is -0.321 e. The van der Waals surface area contributed by atoms with Crippen LogP contribution in [0.5, 0.6) is 0 Å². The van der Waals surface area contributed by atoms with Crippen LogP contribution in [0.1, 0.15) is 16.2 Å². The van der Waals surface area contributed by atoms with Crippen LogP contribution in [0.3, 0.4) is 0 Å². The molecule has 0 aliphatic rings. The van der Waals surface area contributed by atoms with Gasteiger partial charge in [-0.2, -0.15) is 5.10 Å². The van der Waals surface area contributed by atoms with Gasteiger partial charge in [-0.05, 0) is 43.3 Å². The number of rotatable bonds is 5. The van der Waals surface area contributed by atoms with Crippen molar-refractivity contribution in [2.75, 3.05) is 5.32 Å². The summed E-state index contributed by atoms with van der Waals surface area (Å²) in [7, 11) is 1.82. The second-order valence-electron chi connectivity index (χ2n) is 6.76. The van der Waals surface area contributed by atoms with Gasteiger partial charge in [0.25, 0.3) is 5.91 Å². The highest BCUT2D eigenvalue weighted by Crippen LogP contribution is 2.32. The first kappa shape index (κ1) is 18.8. The fourth-order valence-electron chi connectivity index (χ4n) is 3.04. The van der Waals surface area contributed by atoms with Gasteiger partial charge in [0.1, 0.15) is 5.52 Å². The predicted octanol–water partition coefficient (Wildman–Crippen LogP) is 4.09. The number of para-hydroxylation sites is 1. The topological polar surface area (TPSA) is 90.5 Å². The molecule has 30 heavy (non-hydrogen) atoms. The maximum absolute atomic E-state index is 12.4. The van der Waals surface area contributed by atoms with E-state index in [9.17, 15) is 4.79 Å². The number of aromatic nitrogens is 6. The van der Waals surface area contributed by atoms with Crippen LogP contribution in [0, 0.1) is 6.92 Å². The highest BCUT2D eigenvalue weighted by molar-refractivity contribution is 8.00. The van der Waals surface area contributed by atoms with Crippen molar-refractivity contribution in [3.8, 4) is 0 Å². The van der Waals surface area contributed by atoms with Crippen molar-refractivity contribution >= 4 is 55.9 Å². The van der Waals surface area contributed by atoms with Crippen LogP contribution in [0.4, 0.5) is 5.69 Å². The molecular formula is C20H17N7OS2. The Morgan fingerprint density at radius 2 is 2.03 bits per heavy atom. The minimum absolute atomic E-state index is 0.227. The van der Waals surface area contributed by atoms with E-state index in [1.807, 2.05) is 61.1 Å². The van der Waals surface area contributed by atoms with Gasteiger partial charge < -0.3 is 5.32 Å². The number of benzene rings is 2. The lowest BCUT2D eigenvalue weighted by Gasteiger charge is -2.02. The van der Waals surface area contributed by atoms with E-state index in [4.69, 9.17) is 0 Å². The molecule has 0 atom stereocenters. The normalized spacial score (nSPS) is 11.4. The Hall–Kier alpha value is -3.24. The number of nitrogens with one attached hydrogen (secondary N) is 1. The first-order valence-corrected chi connectivity index (χ1v) is 11.0. The minimum atomic E-state index is -0.227. The van der Waals surface area contributed by atoms with Gasteiger partial charge in [0.05, 0.1) is 21.6 Å². The highest BCUT2D eigenvalue weighted by atomic mass is 32.2. The number of thiazole rings is 1. The van der Waals surface area contributed by atoms with E-state index >= 15 is 0 Å². The molecule has 3 heterocycles. The Morgan fingerprint density at radius 1 is 1.17 bits per heavy atom. The van der Waals surface area contributed by atoms with Gasteiger partial charge in [0.2, 0.25) is 0 Å². The van der Waals surface area contributed by atoms with E-state index in [0.29, 0.717) is 11.6 Å². The lowest BCUT2D eigenvalue weighted by atomic mass is 10.3. The third-order valence-electron chi connectivity index (χ3n) is 4.70. The van der Waals surface area contributed by atoms with Crippen LogP contribution < -0.4 is 5.32 Å². The number of carbonyl (C=O) groups excluding carboxylic acids is 1. The van der Waals surface area contributed by atoms with Crippen LogP contribution in [0.15, 0.2) is 52.9 Å². The Bertz CT molecular complexity index is 1370. The summed E-state index contributed by atoms with van der Waals surface area (Å²) in [4.78, 5) is 17.1. The monoisotopic (exact) mass is 435 g/mol. The maximum Gasteiger partial charge on any atom is 0.276 e. The molecule has 10 heteroatoms. The predicted molar refractivity (Wildman–Crippen MR) is 119 cm³/mol. The van der Waals surface area contributed by atoms with Crippen molar-refractivity contribution in [1.82, 2.24) is 29.8 Å². The summed E-state index contributed by atoms with van der Waals surface area (Å²) >= 11 is 3.19. The SMILES string of the molecule is Cc1cc(C(=O)Nc2ccc3nc(SCn4nnc5ccccc54)sc3c2)nn1C. The van der Waals surface area contributed by atoms with Crippen LogP contribution in [0.2, 0.25) is 0 Å². The van der Waals surface area contributed by atoms with Gasteiger partial charge in [0, 0.05) is 18.4 Å². The van der Waals surface area contributed by atoms with Crippen LogP contribution in [-0.4, -0.2) is 35.7 Å². The molecule has 0 saturated carbocycles. The fraction of sp³-hybridized carbons (Fsp3) is 0.150. The summed E-state index contributed by atoms with van der Waals surface area (Å²) in [5.41, 5.74) is 4.83. The third kappa shape index (κ3) is 3.55. The van der Waals surface area contributed by atoms with E-state index in [-0.39, 0.29) is 5.91 Å². The van der Waals surface area contributed by atoms with Crippen molar-refractivity contribution < 1.29 is 4.79 Å². The van der Waals surface area contributed by atoms with Crippen molar-refractivity contribution in [3.63, 3.8) is 0 Å². The lowest BCUT2D eigenvalue weighted by molar-refractivity contribution is 0.102. The van der Waals surface area contributed by atoms with E-state index in [2.05, 4.69) is 25.7 Å². The van der Waals surface area contributed by atoms with Gasteiger partial charge in [-0.1, -0.05) is 29.1 Å². The van der Waals surface area contributed by atoms with Gasteiger partial charge in [-0.15, -0.1) is 16.4 Å². The van der Waals surface area contributed by atoms with Crippen LogP contribution >= 0.6 is 23.1 Å². The number of hydrogen-bond acceptors (Lipinski definition) is 7. The summed E-state index contributed by atoms with van der Waals surface area (Å²) < 4.78 is 5.50. The van der Waals surface area contributed by atoms with E-state index < -0.39 is 0 Å². The van der Waals surface area contributed by atoms with Crippen LogP contribution in [-0.2, 0) is 12.9 Å². The molecule has 150 valence electrons. The van der Waals surface area contributed by atoms with E-state index in [0.717, 1.165) is 37.0 Å². The van der Waals surface area contributed by atoms with Gasteiger partial charge in [0.15, 0.2) is 10.0 Å². The Balaban J connectivity index is 1.31. The van der Waals surface area contributed by atoms with Crippen molar-refractivity contribution in [2.24, 2.45) is 7.05 Å². The molecule has 0 unspecified atom stereocenters. The first-order chi connectivity index (χ1) is 14.6. The lowest BCUT2D eigenvalue weighted by Crippen LogP contribution is -2.12. The average molecular weight is 436 g/mol. The second kappa shape index (κ2) is 7.54. The Morgan fingerprint density at radius 3 is 2.87 bits per heavy atom. The molecule has 3 aromatic heterocycles. The Kier molecular flexibility index (Phi) is 4.72. The number of thioether (sulfide) groups is 1. The largest absolute Gasteiger partial charge is 0.321 e. The first-order valence-electron chi connectivity index (χ1n) is 9.20. The number of carbonyl (C=O) groups is 1. The molecule has 0 spiro atoms. The van der Waals surface area contributed by atoms with E-state index in [1.54, 1.807) is 33.8 Å². The number of anilines is 1. The molecule has 1 N–H and O–H groups in total. The molecule has 0 bridgehead atoms. The average Bonchev–Trinajstić information content (AvgIpc) is 3.43. The third-order valence-corrected chi connectivity index (χ3v) is 6.83. The number of amides is 1. The summed E-state index contributed by atoms with van der Waals surface area (Å²) in [6, 6.07) is 15.4. The number of nitrogens with zero attached hydrogens (tertiary/aromatic N) is 6. The van der Waals surface area contributed by atoms with Crippen molar-refractivity contribution in [3.05, 3.63) is 59.9 Å². The molecule has 0 aliphatic heterocycles. The molecule has 0 radical (unpaired) electrons. The summed E-state index contributed by atoms with van der Waals surface area (Å²) in [6.07, 6.45) is 0. The summed E-state index contributed by atoms with van der Waals surface area (Å²) in [5, 5.41) is 15.5. The molecule has 8 nitrogen and oxygen atoms in total. The molecule has 5 rings (SSSR count). The van der Waals surface area contributed by atoms with Crippen molar-refractivity contribution in [1.29, 1.82) is 0 Å². The molecule has 5 aromatic rings. The quantitative estimate of drug-likeness (QED) is 0.418. The Labute approximate surface area is 179 Å². The maximum atomic E-state index is 12.4. The zero-order chi connectivity index (χ0) is 20.7. The second-order valence-corrected chi connectivity index (χ2v) is 8.98. The molecule has 0 saturated heterocycles. The number of fused-ring (bicyclic) bond motifs is 2. The standard InChI is InChI=1S/C20H17N7OS2/c1-12-9-16(24-26(12)2)19(28)21-13-7-8-15-18(10-13)30-20(22-15)29-11-27-17-6-4-3-5-14(17)23-25-27/h3-10H,11H2,1-2H3,(H,21,28). The zero-order valence-electron chi connectivity index (χ0n) is 16.2. The van der Waals surface area contributed by atoms with E-state index in [1.165, 1.54) is 0 Å². The number of aryl methyl sites for hydroxylation is 2. The molecular weight excluding hydrogens is 418 g/mol. The summed E-state index contributed by atoms with van der Waals surface area (Å²) in [6.45, 7) is 1.91. The van der Waals surface area contributed by atoms with Gasteiger partial charge in [-0.3, -0.25) is 9.48 Å². The smallest absolute Gasteiger partial charge is 0.276 e. The number of hydrogen-bond donors (Lipinski definition) is 1. The molecule has 1 amide bonds. The van der Waals surface area contributed by atoms with Crippen LogP contribution in [0.25, 0.3) is 21.3 Å². The summed E-state index contributed by atoms with van der Waals surface area (Å²) in [5.74, 6) is 0.401. The highest BCUT2D eigenvalue weighted by Gasteiger charge is 2.13. The van der Waals surface area contributed by atoms with Gasteiger partial charge >= 0.3 is 0 Å². The fourth-order valence-corrected chi connectivity index (χ4v) is 5.02. The molecule has 2 aromatic carbocycles. The van der Waals surface area contributed by atoms with Crippen molar-refractivity contribution in [2.45, 2.75) is 17.1 Å². The molecule has 0 fully saturated rings.